The Hall–Kier alpha value is -1.65. The van der Waals surface area contributed by atoms with Crippen LogP contribution in [0.5, 0.6) is 0 Å². The van der Waals surface area contributed by atoms with Gasteiger partial charge in [-0.15, -0.1) is 0 Å². The van der Waals surface area contributed by atoms with Crippen LogP contribution < -0.4 is 5.32 Å². The van der Waals surface area contributed by atoms with E-state index in [4.69, 9.17) is 4.52 Å². The summed E-state index contributed by atoms with van der Waals surface area (Å²) < 4.78 is 5.21. The Kier molecular flexibility index (Phi) is 4.12. The van der Waals surface area contributed by atoms with E-state index in [2.05, 4.69) is 22.0 Å². The van der Waals surface area contributed by atoms with Crippen molar-refractivity contribution in [2.45, 2.75) is 51.0 Å². The minimum absolute atomic E-state index is 0.236. The van der Waals surface area contributed by atoms with E-state index in [0.29, 0.717) is 11.8 Å². The smallest absolute Gasteiger partial charge is 0.248 e. The normalized spacial score (nSPS) is 18.3. The Morgan fingerprint density at radius 2 is 2.22 bits per heavy atom. The number of carbonyl (C=O) groups is 1. The van der Waals surface area contributed by atoms with Gasteiger partial charge in [0.1, 0.15) is 6.04 Å². The van der Waals surface area contributed by atoms with Gasteiger partial charge < -0.3 is 9.84 Å². The summed E-state index contributed by atoms with van der Waals surface area (Å²) in [7, 11) is 0. The molecule has 0 spiro atoms. The second-order valence-corrected chi connectivity index (χ2v) is 4.76. The highest BCUT2D eigenvalue weighted by molar-refractivity contribution is 5.87. The van der Waals surface area contributed by atoms with Crippen LogP contribution in [-0.2, 0) is 4.79 Å². The summed E-state index contributed by atoms with van der Waals surface area (Å²) >= 11 is 0. The molecule has 1 saturated carbocycles. The highest BCUT2D eigenvalue weighted by atomic mass is 16.5. The summed E-state index contributed by atoms with van der Waals surface area (Å²) in [5.74, 6) is 1.42. The summed E-state index contributed by atoms with van der Waals surface area (Å²) in [6.07, 6.45) is 7.26. The molecule has 5 nitrogen and oxygen atoms in total. The molecule has 0 aliphatic heterocycles. The molecule has 5 heteroatoms. The highest BCUT2D eigenvalue weighted by Gasteiger charge is 2.22. The molecule has 1 amide bonds. The van der Waals surface area contributed by atoms with Crippen LogP contribution in [0.4, 0.5) is 0 Å². The molecule has 1 heterocycles. The van der Waals surface area contributed by atoms with Crippen molar-refractivity contribution in [3.63, 3.8) is 0 Å². The molecule has 0 aromatic carbocycles. The second-order valence-electron chi connectivity index (χ2n) is 4.76. The summed E-state index contributed by atoms with van der Waals surface area (Å²) in [5, 5.41) is 6.74. The molecule has 0 radical (unpaired) electrons. The Morgan fingerprint density at radius 3 is 2.89 bits per heavy atom. The van der Waals surface area contributed by atoms with E-state index < -0.39 is 0 Å². The zero-order chi connectivity index (χ0) is 13.0. The van der Waals surface area contributed by atoms with Gasteiger partial charge in [-0.05, 0) is 25.8 Å². The fourth-order valence-corrected chi connectivity index (χ4v) is 2.28. The van der Waals surface area contributed by atoms with Gasteiger partial charge in [0.15, 0.2) is 5.82 Å². The molecule has 1 unspecified atom stereocenters. The van der Waals surface area contributed by atoms with Gasteiger partial charge in [0.25, 0.3) is 0 Å². The van der Waals surface area contributed by atoms with Gasteiger partial charge in [-0.25, -0.2) is 0 Å². The molecule has 1 aromatic heterocycles. The molecule has 1 aliphatic rings. The van der Waals surface area contributed by atoms with Crippen molar-refractivity contribution in [3.8, 4) is 0 Å². The largest absolute Gasteiger partial charge is 0.341 e. The quantitative estimate of drug-likeness (QED) is 0.832. The molecule has 0 saturated heterocycles. The fraction of sp³-hybridized carbons (Fsp3) is 0.615. The third-order valence-corrected chi connectivity index (χ3v) is 3.34. The lowest BCUT2D eigenvalue weighted by atomic mass is 9.89. The summed E-state index contributed by atoms with van der Waals surface area (Å²) in [6.45, 7) is 5.23. The van der Waals surface area contributed by atoms with Crippen molar-refractivity contribution in [1.29, 1.82) is 0 Å². The monoisotopic (exact) mass is 249 g/mol. The first-order chi connectivity index (χ1) is 8.70. The number of hydrogen-bond acceptors (Lipinski definition) is 4. The van der Waals surface area contributed by atoms with E-state index in [-0.39, 0.29) is 11.9 Å². The predicted molar refractivity (Wildman–Crippen MR) is 66.9 cm³/mol. The fourth-order valence-electron chi connectivity index (χ4n) is 2.28. The lowest BCUT2D eigenvalue weighted by Crippen LogP contribution is -2.24. The highest BCUT2D eigenvalue weighted by Crippen LogP contribution is 2.31. The molecule has 1 atom stereocenters. The summed E-state index contributed by atoms with van der Waals surface area (Å²) in [4.78, 5) is 15.6. The van der Waals surface area contributed by atoms with Gasteiger partial charge in [-0.3, -0.25) is 4.79 Å². The first-order valence-electron chi connectivity index (χ1n) is 6.47. The maximum Gasteiger partial charge on any atom is 0.248 e. The van der Waals surface area contributed by atoms with Crippen molar-refractivity contribution in [3.05, 3.63) is 24.4 Å². The van der Waals surface area contributed by atoms with Gasteiger partial charge in [-0.2, -0.15) is 4.98 Å². The minimum atomic E-state index is -0.277. The molecule has 1 aliphatic carbocycles. The Labute approximate surface area is 107 Å². The SMILES string of the molecule is C=CC(=O)NC(C)c1nc(C2CCCCC2)no1. The maximum absolute atomic E-state index is 11.2. The van der Waals surface area contributed by atoms with Crippen molar-refractivity contribution in [2.24, 2.45) is 0 Å². The van der Waals surface area contributed by atoms with Crippen LogP contribution in [0.2, 0.25) is 0 Å². The van der Waals surface area contributed by atoms with Gasteiger partial charge in [0, 0.05) is 5.92 Å². The molecule has 1 fully saturated rings. The number of rotatable bonds is 4. The van der Waals surface area contributed by atoms with Crippen LogP contribution in [0, 0.1) is 0 Å². The summed E-state index contributed by atoms with van der Waals surface area (Å²) in [5.41, 5.74) is 0. The molecule has 0 bridgehead atoms. The van der Waals surface area contributed by atoms with Crippen molar-refractivity contribution >= 4 is 5.91 Å². The van der Waals surface area contributed by atoms with Crippen LogP contribution in [0.1, 0.15) is 62.7 Å². The van der Waals surface area contributed by atoms with E-state index >= 15 is 0 Å². The zero-order valence-corrected chi connectivity index (χ0v) is 10.7. The molecule has 18 heavy (non-hydrogen) atoms. The molecular weight excluding hydrogens is 230 g/mol. The topological polar surface area (TPSA) is 68.0 Å². The van der Waals surface area contributed by atoms with Gasteiger partial charge in [0.05, 0.1) is 0 Å². The first kappa shape index (κ1) is 12.8. The maximum atomic E-state index is 11.2. The number of nitrogens with zero attached hydrogens (tertiary/aromatic N) is 2. The van der Waals surface area contributed by atoms with E-state index in [9.17, 15) is 4.79 Å². The third kappa shape index (κ3) is 2.97. The van der Waals surface area contributed by atoms with Crippen LogP contribution >= 0.6 is 0 Å². The lowest BCUT2D eigenvalue weighted by Gasteiger charge is -2.17. The van der Waals surface area contributed by atoms with Gasteiger partial charge >= 0.3 is 0 Å². The van der Waals surface area contributed by atoms with E-state index in [1.807, 2.05) is 6.92 Å². The van der Waals surface area contributed by atoms with E-state index in [0.717, 1.165) is 18.7 Å². The molecule has 98 valence electrons. The van der Waals surface area contributed by atoms with Crippen molar-refractivity contribution < 1.29 is 9.32 Å². The number of amides is 1. The number of carbonyl (C=O) groups excluding carboxylic acids is 1. The first-order valence-corrected chi connectivity index (χ1v) is 6.47. The number of aromatic nitrogens is 2. The average molecular weight is 249 g/mol. The second kappa shape index (κ2) is 5.80. The van der Waals surface area contributed by atoms with E-state index in [1.54, 1.807) is 0 Å². The van der Waals surface area contributed by atoms with Crippen LogP contribution in [0.3, 0.4) is 0 Å². The van der Waals surface area contributed by atoms with Crippen molar-refractivity contribution in [2.75, 3.05) is 0 Å². The number of nitrogens with one attached hydrogen (secondary N) is 1. The Morgan fingerprint density at radius 1 is 1.50 bits per heavy atom. The summed E-state index contributed by atoms with van der Waals surface area (Å²) in [6, 6.07) is -0.277. The lowest BCUT2D eigenvalue weighted by molar-refractivity contribution is -0.117. The van der Waals surface area contributed by atoms with Crippen molar-refractivity contribution in [1.82, 2.24) is 15.5 Å². The van der Waals surface area contributed by atoms with E-state index in [1.165, 1.54) is 25.3 Å². The predicted octanol–water partition coefficient (Wildman–Crippen LogP) is 2.48. The van der Waals surface area contributed by atoms with Crippen LogP contribution in [0.25, 0.3) is 0 Å². The third-order valence-electron chi connectivity index (χ3n) is 3.34. The van der Waals surface area contributed by atoms with Gasteiger partial charge in [0.2, 0.25) is 11.8 Å². The molecular formula is C13H19N3O2. The van der Waals surface area contributed by atoms with Gasteiger partial charge in [-0.1, -0.05) is 31.0 Å². The Balaban J connectivity index is 2.00. The standard InChI is InChI=1S/C13H19N3O2/c1-3-11(17)14-9(2)13-15-12(16-18-13)10-7-5-4-6-8-10/h3,9-10H,1,4-8H2,2H3,(H,14,17). The van der Waals surface area contributed by atoms with Crippen LogP contribution in [-0.4, -0.2) is 16.0 Å². The zero-order valence-electron chi connectivity index (χ0n) is 10.7. The molecule has 1 N–H and O–H groups in total. The molecule has 2 rings (SSSR count). The molecule has 1 aromatic rings. The average Bonchev–Trinajstić information content (AvgIpc) is 2.89. The number of hydrogen-bond donors (Lipinski definition) is 1. The minimum Gasteiger partial charge on any atom is -0.341 e. The Bertz CT molecular complexity index is 422. The van der Waals surface area contributed by atoms with Crippen LogP contribution in [0.15, 0.2) is 17.2 Å².